The van der Waals surface area contributed by atoms with E-state index in [0.29, 0.717) is 32.4 Å². The lowest BCUT2D eigenvalue weighted by Crippen LogP contribution is -2.36. The number of nitrogens with two attached hydrogens (primary N) is 2. The van der Waals surface area contributed by atoms with Gasteiger partial charge in [-0.05, 0) is 25.2 Å². The number of carboxylic acid groups (broad SMARTS) is 1. The fourth-order valence-electron chi connectivity index (χ4n) is 4.89. The molecular weight excluding hydrogens is 410 g/mol. The Bertz CT molecular complexity index is 1190. The van der Waals surface area contributed by atoms with Gasteiger partial charge in [-0.15, -0.1) is 0 Å². The number of benzene rings is 1. The van der Waals surface area contributed by atoms with E-state index in [1.54, 1.807) is 4.90 Å². The lowest BCUT2D eigenvalue weighted by atomic mass is 9.83. The Morgan fingerprint density at radius 1 is 1.23 bits per heavy atom. The maximum Gasteiger partial charge on any atom is 0.511 e. The van der Waals surface area contributed by atoms with Crippen molar-refractivity contribution < 1.29 is 23.4 Å². The fraction of sp³-hybridized carbons (Fsp3) is 0.429. The molecule has 10 heteroatoms. The molecule has 1 aliphatic heterocycles. The monoisotopic (exact) mass is 432 g/mol. The van der Waals surface area contributed by atoms with Gasteiger partial charge in [0.2, 0.25) is 5.43 Å². The number of carbonyl (C=O) groups is 1. The van der Waals surface area contributed by atoms with Gasteiger partial charge in [-0.1, -0.05) is 12.2 Å². The van der Waals surface area contributed by atoms with E-state index in [0.717, 1.165) is 0 Å². The van der Waals surface area contributed by atoms with Crippen LogP contribution in [-0.2, 0) is 0 Å². The average Bonchev–Trinajstić information content (AvgIpc) is 3.46. The molecule has 1 saturated carbocycles. The van der Waals surface area contributed by atoms with Gasteiger partial charge in [0.1, 0.15) is 5.69 Å². The van der Waals surface area contributed by atoms with Crippen LogP contribution in [0.15, 0.2) is 23.1 Å². The van der Waals surface area contributed by atoms with E-state index < -0.39 is 40.0 Å². The summed E-state index contributed by atoms with van der Waals surface area (Å²) in [4.78, 5) is 25.4. The van der Waals surface area contributed by atoms with Crippen LogP contribution in [0.2, 0.25) is 0 Å². The molecular formula is C21H22F2N4O4. The molecule has 1 aromatic heterocycles. The first-order chi connectivity index (χ1) is 14.8. The summed E-state index contributed by atoms with van der Waals surface area (Å²) in [6.45, 7) is 0.768. The minimum Gasteiger partial charge on any atom is -0.449 e. The van der Waals surface area contributed by atoms with Crippen molar-refractivity contribution in [2.45, 2.75) is 31.3 Å². The van der Waals surface area contributed by atoms with Crippen molar-refractivity contribution in [2.24, 2.45) is 17.6 Å². The van der Waals surface area contributed by atoms with E-state index >= 15 is 8.78 Å². The van der Waals surface area contributed by atoms with Crippen molar-refractivity contribution in [1.82, 2.24) is 4.57 Å². The summed E-state index contributed by atoms with van der Waals surface area (Å²) < 4.78 is 37.2. The highest BCUT2D eigenvalue weighted by molar-refractivity contribution is 5.96. The highest BCUT2D eigenvalue weighted by Crippen LogP contribution is 2.44. The zero-order valence-electron chi connectivity index (χ0n) is 16.6. The summed E-state index contributed by atoms with van der Waals surface area (Å²) >= 11 is 0. The number of ether oxygens (including phenoxy) is 1. The molecule has 31 heavy (non-hydrogen) atoms. The average molecular weight is 432 g/mol. The Morgan fingerprint density at radius 2 is 1.97 bits per heavy atom. The molecule has 8 nitrogen and oxygen atoms in total. The third-order valence-electron chi connectivity index (χ3n) is 6.54. The summed E-state index contributed by atoms with van der Waals surface area (Å²) in [6, 6.07) is -0.242. The highest BCUT2D eigenvalue weighted by atomic mass is 19.1. The van der Waals surface area contributed by atoms with Gasteiger partial charge in [0.15, 0.2) is 17.4 Å². The first-order valence-electron chi connectivity index (χ1n) is 10.2. The van der Waals surface area contributed by atoms with Gasteiger partial charge < -0.3 is 30.8 Å². The molecule has 2 aliphatic carbocycles. The molecule has 0 radical (unpaired) electrons. The number of aromatic nitrogens is 1. The highest BCUT2D eigenvalue weighted by Gasteiger charge is 2.40. The van der Waals surface area contributed by atoms with E-state index in [1.807, 2.05) is 12.2 Å². The lowest BCUT2D eigenvalue weighted by Gasteiger charge is -2.25. The molecule has 164 valence electrons. The van der Waals surface area contributed by atoms with E-state index in [2.05, 4.69) is 4.74 Å². The second kappa shape index (κ2) is 6.94. The first-order valence-corrected chi connectivity index (χ1v) is 10.2. The molecule has 1 saturated heterocycles. The second-order valence-electron chi connectivity index (χ2n) is 8.50. The van der Waals surface area contributed by atoms with Crippen molar-refractivity contribution in [3.63, 3.8) is 0 Å². The van der Waals surface area contributed by atoms with Crippen LogP contribution < -0.4 is 26.5 Å². The van der Waals surface area contributed by atoms with Gasteiger partial charge in [0, 0.05) is 31.1 Å². The second-order valence-corrected chi connectivity index (χ2v) is 8.50. The maximum atomic E-state index is 15.9. The summed E-state index contributed by atoms with van der Waals surface area (Å²) in [6.07, 6.45) is 5.64. The number of nitrogens with zero attached hydrogens (tertiary/aromatic N) is 2. The van der Waals surface area contributed by atoms with E-state index in [-0.39, 0.29) is 35.1 Å². The Balaban J connectivity index is 1.72. The molecule has 2 heterocycles. The van der Waals surface area contributed by atoms with E-state index in [9.17, 15) is 9.59 Å². The molecule has 3 aliphatic rings. The van der Waals surface area contributed by atoms with Crippen LogP contribution >= 0.6 is 0 Å². The van der Waals surface area contributed by atoms with Gasteiger partial charge in [-0.2, -0.15) is 0 Å². The van der Waals surface area contributed by atoms with Crippen LogP contribution in [-0.4, -0.2) is 35.0 Å². The molecule has 3 atom stereocenters. The number of fused-ring (bicyclic) bond motifs is 2. The number of pyridine rings is 1. The Morgan fingerprint density at radius 3 is 2.61 bits per heavy atom. The SMILES string of the molecule is Nc1c(F)c(N2CC3C=CCC(N)C3C2)c(F)c2c1c(=O)c(OC(=O)O)cn2C1CC1. The summed E-state index contributed by atoms with van der Waals surface area (Å²) in [5.41, 5.74) is 10.3. The van der Waals surface area contributed by atoms with Crippen LogP contribution in [0.1, 0.15) is 25.3 Å². The quantitative estimate of drug-likeness (QED) is 0.387. The molecule has 1 aromatic carbocycles. The van der Waals surface area contributed by atoms with Crippen LogP contribution in [0.4, 0.5) is 25.0 Å². The maximum absolute atomic E-state index is 15.9. The van der Waals surface area contributed by atoms with Crippen molar-refractivity contribution in [3.05, 3.63) is 40.2 Å². The zero-order chi connectivity index (χ0) is 22.0. The van der Waals surface area contributed by atoms with Crippen molar-refractivity contribution in [3.8, 4) is 5.75 Å². The minimum absolute atomic E-state index is 0.0673. The normalized spacial score (nSPS) is 25.1. The summed E-state index contributed by atoms with van der Waals surface area (Å²) in [5, 5.41) is 8.52. The zero-order valence-corrected chi connectivity index (χ0v) is 16.6. The van der Waals surface area contributed by atoms with Crippen LogP contribution in [0, 0.1) is 23.5 Å². The largest absolute Gasteiger partial charge is 0.511 e. The van der Waals surface area contributed by atoms with Crippen LogP contribution in [0.25, 0.3) is 10.9 Å². The number of anilines is 2. The van der Waals surface area contributed by atoms with Gasteiger partial charge in [0.25, 0.3) is 0 Å². The number of rotatable bonds is 3. The number of halogens is 2. The first kappa shape index (κ1) is 19.8. The van der Waals surface area contributed by atoms with E-state index in [4.69, 9.17) is 16.6 Å². The van der Waals surface area contributed by atoms with Crippen molar-refractivity contribution >= 4 is 28.4 Å². The molecule has 2 aromatic rings. The Hall–Kier alpha value is -3.14. The van der Waals surface area contributed by atoms with Crippen LogP contribution in [0.5, 0.6) is 5.75 Å². The fourth-order valence-corrected chi connectivity index (χ4v) is 4.89. The predicted octanol–water partition coefficient (Wildman–Crippen LogP) is 2.59. The molecule has 5 rings (SSSR count). The van der Waals surface area contributed by atoms with Crippen LogP contribution in [0.3, 0.4) is 0 Å². The molecule has 3 unspecified atom stereocenters. The summed E-state index contributed by atoms with van der Waals surface area (Å²) in [5.74, 6) is -2.31. The van der Waals surface area contributed by atoms with Crippen molar-refractivity contribution in [2.75, 3.05) is 23.7 Å². The van der Waals surface area contributed by atoms with Gasteiger partial charge >= 0.3 is 6.16 Å². The number of nitrogen functional groups attached to an aromatic ring is 1. The van der Waals surface area contributed by atoms with E-state index in [1.165, 1.54) is 10.8 Å². The molecule has 0 amide bonds. The molecule has 2 fully saturated rings. The predicted molar refractivity (Wildman–Crippen MR) is 110 cm³/mol. The number of hydrogen-bond acceptors (Lipinski definition) is 6. The Labute approximate surface area is 175 Å². The molecule has 5 N–H and O–H groups in total. The third kappa shape index (κ3) is 3.04. The van der Waals surface area contributed by atoms with Gasteiger partial charge in [0.05, 0.1) is 22.8 Å². The molecule has 0 spiro atoms. The lowest BCUT2D eigenvalue weighted by molar-refractivity contribution is 0.143. The van der Waals surface area contributed by atoms with Crippen molar-refractivity contribution in [1.29, 1.82) is 0 Å². The number of hydrogen-bond donors (Lipinski definition) is 3. The Kier molecular flexibility index (Phi) is 4.44. The summed E-state index contributed by atoms with van der Waals surface area (Å²) in [7, 11) is 0. The minimum atomic E-state index is -1.70. The van der Waals surface area contributed by atoms with Gasteiger partial charge in [-0.3, -0.25) is 4.79 Å². The molecule has 0 bridgehead atoms. The topological polar surface area (TPSA) is 124 Å². The standard InChI is InChI=1S/C21H22F2N4O4/c22-15-17(25)14-18(27(10-4-5-10)8-13(20(14)28)31-21(29)30)16(23)19(15)26-6-9-2-1-3-12(24)11(9)7-26/h1-2,8-12H,3-7,24-25H2,(H,29,30). The smallest absolute Gasteiger partial charge is 0.449 e. The van der Waals surface area contributed by atoms with Gasteiger partial charge in [-0.25, -0.2) is 13.6 Å². The third-order valence-corrected chi connectivity index (χ3v) is 6.54.